The quantitative estimate of drug-likeness (QED) is 0.215. The molecular weight excluding hydrogens is 593 g/mol. The number of Topliss-reactive ketones (excluding diaryl/α,β-unsaturated/α-hetero) is 1. The molecular formula is C26H17Cl5F3NO2. The van der Waals surface area contributed by atoms with Crippen LogP contribution in [0, 0.1) is 5.92 Å². The standard InChI is InChI=1S/C26H17Cl5F3NO2/c27-16-9-14(10-17(28)11-16)22-23(25(22,30)31)24(37)35-18-6-7-20(29)19(12-18)21(36)8-3-13-1-4-15(5-2-13)26(32,33)34/h1-2,4-7,9-12,22-23H,3,8H2,(H,35,37). The Morgan fingerprint density at radius 3 is 2.11 bits per heavy atom. The van der Waals surface area contributed by atoms with Crippen LogP contribution in [0.15, 0.2) is 60.7 Å². The Hall–Kier alpha value is -1.96. The maximum atomic E-state index is 13.0. The molecule has 4 rings (SSSR count). The first-order valence-electron chi connectivity index (χ1n) is 10.9. The molecule has 1 aliphatic carbocycles. The van der Waals surface area contributed by atoms with E-state index in [4.69, 9.17) is 58.0 Å². The van der Waals surface area contributed by atoms with E-state index in [1.807, 2.05) is 0 Å². The van der Waals surface area contributed by atoms with Crippen molar-refractivity contribution < 1.29 is 22.8 Å². The van der Waals surface area contributed by atoms with E-state index in [0.29, 0.717) is 26.9 Å². The highest BCUT2D eigenvalue weighted by Gasteiger charge is 2.67. The molecule has 3 aromatic rings. The molecule has 1 N–H and O–H groups in total. The van der Waals surface area contributed by atoms with Crippen LogP contribution in [-0.4, -0.2) is 16.0 Å². The number of carbonyl (C=O) groups is 2. The van der Waals surface area contributed by atoms with Crippen LogP contribution in [0.1, 0.15) is 39.4 Å². The maximum absolute atomic E-state index is 13.0. The number of aryl methyl sites for hydroxylation is 1. The number of rotatable bonds is 7. The fraction of sp³-hybridized carbons (Fsp3) is 0.231. The lowest BCUT2D eigenvalue weighted by molar-refractivity contribution is -0.137. The van der Waals surface area contributed by atoms with E-state index in [-0.39, 0.29) is 29.2 Å². The summed E-state index contributed by atoms with van der Waals surface area (Å²) < 4.78 is 36.8. The predicted molar refractivity (Wildman–Crippen MR) is 141 cm³/mol. The lowest BCUT2D eigenvalue weighted by atomic mass is 10.0. The molecule has 2 unspecified atom stereocenters. The van der Waals surface area contributed by atoms with Crippen LogP contribution in [0.5, 0.6) is 0 Å². The molecule has 1 saturated carbocycles. The number of halogens is 8. The highest BCUT2D eigenvalue weighted by atomic mass is 35.5. The number of alkyl halides is 5. The molecule has 0 bridgehead atoms. The van der Waals surface area contributed by atoms with Crippen LogP contribution in [-0.2, 0) is 17.4 Å². The molecule has 0 radical (unpaired) electrons. The van der Waals surface area contributed by atoms with Crippen molar-refractivity contribution in [3.63, 3.8) is 0 Å². The van der Waals surface area contributed by atoms with Crippen LogP contribution in [0.3, 0.4) is 0 Å². The Kier molecular flexibility index (Phi) is 8.08. The molecule has 194 valence electrons. The summed E-state index contributed by atoms with van der Waals surface area (Å²) in [5.74, 6) is -2.12. The van der Waals surface area contributed by atoms with Crippen LogP contribution in [0.25, 0.3) is 0 Å². The van der Waals surface area contributed by atoms with Crippen molar-refractivity contribution in [1.29, 1.82) is 0 Å². The van der Waals surface area contributed by atoms with Crippen LogP contribution >= 0.6 is 58.0 Å². The minimum absolute atomic E-state index is 0.00911. The number of hydrogen-bond acceptors (Lipinski definition) is 2. The third-order valence-corrected chi connectivity index (χ3v) is 7.74. The summed E-state index contributed by atoms with van der Waals surface area (Å²) in [6, 6.07) is 13.9. The van der Waals surface area contributed by atoms with Gasteiger partial charge in [0.25, 0.3) is 0 Å². The van der Waals surface area contributed by atoms with Gasteiger partial charge in [-0.1, -0.05) is 46.9 Å². The highest BCUT2D eigenvalue weighted by Crippen LogP contribution is 2.65. The summed E-state index contributed by atoms with van der Waals surface area (Å²) in [6.07, 6.45) is -4.20. The minimum atomic E-state index is -4.43. The molecule has 0 aromatic heterocycles. The lowest BCUT2D eigenvalue weighted by Crippen LogP contribution is -2.17. The Morgan fingerprint density at radius 1 is 0.892 bits per heavy atom. The monoisotopic (exact) mass is 607 g/mol. The van der Waals surface area contributed by atoms with Gasteiger partial charge in [-0.25, -0.2) is 0 Å². The summed E-state index contributed by atoms with van der Waals surface area (Å²) in [5, 5.41) is 3.66. The average Bonchev–Trinajstić information content (AvgIpc) is 3.40. The molecule has 1 aliphatic rings. The van der Waals surface area contributed by atoms with Gasteiger partial charge in [0.1, 0.15) is 4.33 Å². The lowest BCUT2D eigenvalue weighted by Gasteiger charge is -2.10. The summed E-state index contributed by atoms with van der Waals surface area (Å²) in [5.41, 5.74) is 0.916. The second-order valence-electron chi connectivity index (χ2n) is 8.63. The van der Waals surface area contributed by atoms with E-state index in [1.54, 1.807) is 18.2 Å². The summed E-state index contributed by atoms with van der Waals surface area (Å²) in [4.78, 5) is 25.8. The zero-order valence-electron chi connectivity index (χ0n) is 18.7. The second kappa shape index (κ2) is 10.7. The van der Waals surface area contributed by atoms with Gasteiger partial charge in [-0.2, -0.15) is 13.2 Å². The van der Waals surface area contributed by atoms with E-state index in [9.17, 15) is 22.8 Å². The summed E-state index contributed by atoms with van der Waals surface area (Å²) >= 11 is 31.1. The topological polar surface area (TPSA) is 46.2 Å². The minimum Gasteiger partial charge on any atom is -0.326 e. The smallest absolute Gasteiger partial charge is 0.326 e. The van der Waals surface area contributed by atoms with E-state index in [1.165, 1.54) is 30.3 Å². The second-order valence-corrected chi connectivity index (χ2v) is 11.4. The predicted octanol–water partition coefficient (Wildman–Crippen LogP) is 9.01. The van der Waals surface area contributed by atoms with Crippen molar-refractivity contribution in [1.82, 2.24) is 0 Å². The summed E-state index contributed by atoms with van der Waals surface area (Å²) in [7, 11) is 0. The van der Waals surface area contributed by atoms with Crippen LogP contribution in [0.4, 0.5) is 18.9 Å². The van der Waals surface area contributed by atoms with E-state index < -0.39 is 33.8 Å². The van der Waals surface area contributed by atoms with Crippen molar-refractivity contribution in [2.45, 2.75) is 29.3 Å². The van der Waals surface area contributed by atoms with E-state index in [2.05, 4.69) is 5.32 Å². The van der Waals surface area contributed by atoms with Crippen LogP contribution in [0.2, 0.25) is 15.1 Å². The van der Waals surface area contributed by atoms with Gasteiger partial charge in [0.2, 0.25) is 5.91 Å². The number of nitrogens with one attached hydrogen (secondary N) is 1. The number of benzene rings is 3. The fourth-order valence-electron chi connectivity index (χ4n) is 4.11. The molecule has 1 amide bonds. The van der Waals surface area contributed by atoms with Gasteiger partial charge >= 0.3 is 6.18 Å². The molecule has 0 spiro atoms. The van der Waals surface area contributed by atoms with E-state index >= 15 is 0 Å². The number of hydrogen-bond donors (Lipinski definition) is 1. The average molecular weight is 610 g/mol. The number of anilines is 1. The van der Waals surface area contributed by atoms with Crippen molar-refractivity contribution >= 4 is 75.4 Å². The van der Waals surface area contributed by atoms with Crippen molar-refractivity contribution in [3.8, 4) is 0 Å². The molecule has 0 saturated heterocycles. The summed E-state index contributed by atoms with van der Waals surface area (Å²) in [6.45, 7) is 0. The zero-order valence-corrected chi connectivity index (χ0v) is 22.5. The third-order valence-electron chi connectivity index (χ3n) is 6.04. The largest absolute Gasteiger partial charge is 0.416 e. The molecule has 11 heteroatoms. The van der Waals surface area contributed by atoms with Crippen molar-refractivity contribution in [2.24, 2.45) is 5.92 Å². The van der Waals surface area contributed by atoms with Gasteiger partial charge in [0.05, 0.1) is 16.5 Å². The Bertz CT molecular complexity index is 1340. The SMILES string of the molecule is O=C(CCc1ccc(C(F)(F)F)cc1)c1cc(NC(=O)C2C(c3cc(Cl)cc(Cl)c3)C2(Cl)Cl)ccc1Cl. The Balaban J connectivity index is 1.43. The first-order valence-corrected chi connectivity index (χ1v) is 12.8. The van der Waals surface area contributed by atoms with Crippen molar-refractivity contribution in [3.05, 3.63) is 98.0 Å². The number of amides is 1. The first-order chi connectivity index (χ1) is 17.3. The highest BCUT2D eigenvalue weighted by molar-refractivity contribution is 6.53. The van der Waals surface area contributed by atoms with E-state index in [0.717, 1.165) is 12.1 Å². The Morgan fingerprint density at radius 2 is 1.51 bits per heavy atom. The maximum Gasteiger partial charge on any atom is 0.416 e. The Labute approximate surface area is 235 Å². The third kappa shape index (κ3) is 6.37. The van der Waals surface area contributed by atoms with Gasteiger partial charge in [-0.05, 0) is 66.1 Å². The molecule has 0 aliphatic heterocycles. The molecule has 37 heavy (non-hydrogen) atoms. The van der Waals surface area contributed by atoms with Gasteiger partial charge in [-0.15, -0.1) is 23.2 Å². The van der Waals surface area contributed by atoms with Gasteiger partial charge in [0.15, 0.2) is 5.78 Å². The number of carbonyl (C=O) groups excluding carboxylic acids is 2. The number of ketones is 1. The normalized spacial score (nSPS) is 18.4. The fourth-order valence-corrected chi connectivity index (χ4v) is 5.71. The molecule has 3 nitrogen and oxygen atoms in total. The molecule has 2 atom stereocenters. The zero-order chi connectivity index (χ0) is 27.1. The molecule has 1 fully saturated rings. The van der Waals surface area contributed by atoms with Gasteiger partial charge in [0, 0.05) is 33.6 Å². The molecule has 3 aromatic carbocycles. The molecule has 0 heterocycles. The van der Waals surface area contributed by atoms with Crippen LogP contribution < -0.4 is 5.32 Å². The van der Waals surface area contributed by atoms with Crippen molar-refractivity contribution in [2.75, 3.05) is 5.32 Å². The van der Waals surface area contributed by atoms with Gasteiger partial charge in [-0.3, -0.25) is 9.59 Å². The first kappa shape index (κ1) is 28.1. The van der Waals surface area contributed by atoms with Gasteiger partial charge < -0.3 is 5.32 Å².